The Bertz CT molecular complexity index is 1600. The minimum atomic E-state index is -0.551. The summed E-state index contributed by atoms with van der Waals surface area (Å²) in [5, 5.41) is 2.81. The van der Waals surface area contributed by atoms with Crippen LogP contribution >= 0.6 is 0 Å². The molecule has 4 aliphatic rings. The van der Waals surface area contributed by atoms with Gasteiger partial charge in [-0.2, -0.15) is 0 Å². The summed E-state index contributed by atoms with van der Waals surface area (Å²) in [6.45, 7) is 9.01. The lowest BCUT2D eigenvalue weighted by Crippen LogP contribution is -2.48. The second-order valence-electron chi connectivity index (χ2n) is 15.2. The highest BCUT2D eigenvalue weighted by molar-refractivity contribution is 5.87. The average Bonchev–Trinajstić information content (AvgIpc) is 3.05. The third kappa shape index (κ3) is 8.86. The summed E-state index contributed by atoms with van der Waals surface area (Å²) in [6.07, 6.45) is 11.2. The summed E-state index contributed by atoms with van der Waals surface area (Å²) in [6, 6.07) is 23.1. The standard InChI is InChI=1S/C42H51NO6/c1-5-46-39(44)17-13-29-12-15-35(38(23-29)47-19-9-18-43-40(45)49-41(2,3)4)34-14-16-37(48-28-30-10-7-6-8-11-30)36(24-34)42-25-31-20-32(26-42)22-33(21-31)27-42/h6-8,10-17,23-24,31-33H,5,9,18-22,25-28H2,1-4H3,(H,43,45). The van der Waals surface area contributed by atoms with E-state index in [9.17, 15) is 9.59 Å². The highest BCUT2D eigenvalue weighted by Gasteiger charge is 2.52. The van der Waals surface area contributed by atoms with Crippen molar-refractivity contribution in [3.8, 4) is 22.6 Å². The molecule has 7 heteroatoms. The third-order valence-electron chi connectivity index (χ3n) is 10.1. The first-order valence-electron chi connectivity index (χ1n) is 18.0. The maximum Gasteiger partial charge on any atom is 0.407 e. The molecule has 7 rings (SSSR count). The summed E-state index contributed by atoms with van der Waals surface area (Å²) in [7, 11) is 0. The fraction of sp³-hybridized carbons (Fsp3) is 0.476. The van der Waals surface area contributed by atoms with Crippen molar-refractivity contribution in [2.24, 2.45) is 17.8 Å². The number of rotatable bonds is 13. The van der Waals surface area contributed by atoms with Gasteiger partial charge < -0.3 is 24.3 Å². The lowest BCUT2D eigenvalue weighted by atomic mass is 9.48. The monoisotopic (exact) mass is 665 g/mol. The van der Waals surface area contributed by atoms with Gasteiger partial charge in [0.25, 0.3) is 0 Å². The van der Waals surface area contributed by atoms with Gasteiger partial charge in [-0.25, -0.2) is 9.59 Å². The lowest BCUT2D eigenvalue weighted by molar-refractivity contribution is -0.137. The summed E-state index contributed by atoms with van der Waals surface area (Å²) < 4.78 is 23.5. The van der Waals surface area contributed by atoms with Crippen molar-refractivity contribution in [1.82, 2.24) is 5.32 Å². The number of carbonyl (C=O) groups excluding carboxylic acids is 2. The predicted octanol–water partition coefficient (Wildman–Crippen LogP) is 9.27. The van der Waals surface area contributed by atoms with E-state index in [0.717, 1.165) is 51.5 Å². The highest BCUT2D eigenvalue weighted by Crippen LogP contribution is 2.62. The first-order valence-corrected chi connectivity index (χ1v) is 18.0. The Balaban J connectivity index is 1.29. The number of hydrogen-bond donors (Lipinski definition) is 1. The SMILES string of the molecule is CCOC(=O)C=Cc1ccc(-c2ccc(OCc3ccccc3)c(C34CC5CC(CC(C5)C3)C4)c2)c(OCCCNC(=O)OC(C)(C)C)c1. The van der Waals surface area contributed by atoms with Crippen molar-refractivity contribution in [3.63, 3.8) is 0 Å². The Morgan fingerprint density at radius 2 is 1.59 bits per heavy atom. The van der Waals surface area contributed by atoms with Crippen molar-refractivity contribution < 1.29 is 28.5 Å². The second-order valence-corrected chi connectivity index (χ2v) is 15.2. The van der Waals surface area contributed by atoms with Crippen LogP contribution in [0.2, 0.25) is 0 Å². The molecule has 4 fully saturated rings. The van der Waals surface area contributed by atoms with Crippen molar-refractivity contribution in [3.05, 3.63) is 89.5 Å². The molecule has 0 saturated heterocycles. The van der Waals surface area contributed by atoms with Gasteiger partial charge >= 0.3 is 12.1 Å². The van der Waals surface area contributed by atoms with E-state index in [2.05, 4.69) is 53.8 Å². The van der Waals surface area contributed by atoms with Crippen LogP contribution in [0, 0.1) is 17.8 Å². The van der Waals surface area contributed by atoms with Gasteiger partial charge in [0.05, 0.1) is 13.2 Å². The van der Waals surface area contributed by atoms with Crippen LogP contribution in [-0.2, 0) is 26.3 Å². The van der Waals surface area contributed by atoms with Gasteiger partial charge in [-0.15, -0.1) is 0 Å². The molecule has 1 amide bonds. The maximum absolute atomic E-state index is 12.1. The van der Waals surface area contributed by atoms with E-state index in [1.54, 1.807) is 13.0 Å². The van der Waals surface area contributed by atoms with Crippen LogP contribution in [0.3, 0.4) is 0 Å². The zero-order valence-corrected chi connectivity index (χ0v) is 29.5. The van der Waals surface area contributed by atoms with Gasteiger partial charge in [-0.1, -0.05) is 48.5 Å². The second kappa shape index (κ2) is 15.1. The number of carbonyl (C=O) groups is 2. The number of ether oxygens (including phenoxy) is 4. The van der Waals surface area contributed by atoms with Crippen LogP contribution < -0.4 is 14.8 Å². The summed E-state index contributed by atoms with van der Waals surface area (Å²) in [5.41, 5.74) is 4.97. The molecule has 3 aromatic rings. The Morgan fingerprint density at radius 1 is 0.878 bits per heavy atom. The van der Waals surface area contributed by atoms with Gasteiger partial charge in [0.1, 0.15) is 23.7 Å². The molecule has 49 heavy (non-hydrogen) atoms. The molecular weight excluding hydrogens is 614 g/mol. The Morgan fingerprint density at radius 3 is 2.27 bits per heavy atom. The van der Waals surface area contributed by atoms with Crippen molar-refractivity contribution in [2.45, 2.75) is 90.3 Å². The molecule has 0 radical (unpaired) electrons. The van der Waals surface area contributed by atoms with Crippen LogP contribution in [0.4, 0.5) is 4.79 Å². The highest BCUT2D eigenvalue weighted by atomic mass is 16.6. The minimum absolute atomic E-state index is 0.132. The molecule has 1 N–H and O–H groups in total. The molecule has 4 aliphatic carbocycles. The van der Waals surface area contributed by atoms with Crippen molar-refractivity contribution in [2.75, 3.05) is 19.8 Å². The van der Waals surface area contributed by atoms with Crippen molar-refractivity contribution >= 4 is 18.1 Å². The average molecular weight is 666 g/mol. The normalized spacial score (nSPS) is 22.6. The smallest absolute Gasteiger partial charge is 0.407 e. The zero-order valence-electron chi connectivity index (χ0n) is 29.5. The van der Waals surface area contributed by atoms with Gasteiger partial charge in [-0.3, -0.25) is 0 Å². The number of nitrogens with one attached hydrogen (secondary N) is 1. The first kappa shape index (κ1) is 34.6. The topological polar surface area (TPSA) is 83.1 Å². The predicted molar refractivity (Wildman–Crippen MR) is 193 cm³/mol. The molecule has 4 bridgehead atoms. The number of hydrogen-bond acceptors (Lipinski definition) is 6. The van der Waals surface area contributed by atoms with Crippen LogP contribution in [-0.4, -0.2) is 37.4 Å². The third-order valence-corrected chi connectivity index (χ3v) is 10.1. The van der Waals surface area contributed by atoms with E-state index in [1.807, 2.05) is 39.0 Å². The molecular formula is C42H51NO6. The Hall–Kier alpha value is -4.26. The molecule has 4 saturated carbocycles. The van der Waals surface area contributed by atoms with Gasteiger partial charge in [0.15, 0.2) is 0 Å². The van der Waals surface area contributed by atoms with Gasteiger partial charge in [-0.05, 0) is 137 Å². The molecule has 3 aromatic carbocycles. The van der Waals surface area contributed by atoms with E-state index >= 15 is 0 Å². The van der Waals surface area contributed by atoms with Crippen LogP contribution in [0.15, 0.2) is 72.8 Å². The molecule has 0 spiro atoms. The Labute approximate surface area is 291 Å². The molecule has 0 unspecified atom stereocenters. The fourth-order valence-electron chi connectivity index (χ4n) is 8.53. The van der Waals surface area contributed by atoms with E-state index in [-0.39, 0.29) is 11.4 Å². The lowest BCUT2D eigenvalue weighted by Gasteiger charge is -2.57. The molecule has 260 valence electrons. The van der Waals surface area contributed by atoms with Crippen molar-refractivity contribution in [1.29, 1.82) is 0 Å². The number of amides is 1. The molecule has 0 aromatic heterocycles. The summed E-state index contributed by atoms with van der Waals surface area (Å²) in [4.78, 5) is 24.2. The quantitative estimate of drug-likeness (QED) is 0.111. The molecule has 0 atom stereocenters. The van der Waals surface area contributed by atoms with E-state index in [1.165, 1.54) is 50.2 Å². The molecule has 0 heterocycles. The minimum Gasteiger partial charge on any atom is -0.493 e. The first-order chi connectivity index (χ1) is 23.6. The van der Waals surface area contributed by atoms with Crippen LogP contribution in [0.5, 0.6) is 11.5 Å². The van der Waals surface area contributed by atoms with Gasteiger partial charge in [0.2, 0.25) is 0 Å². The molecule has 7 nitrogen and oxygen atoms in total. The summed E-state index contributed by atoms with van der Waals surface area (Å²) in [5.74, 6) is 3.73. The van der Waals surface area contributed by atoms with E-state index in [4.69, 9.17) is 18.9 Å². The number of alkyl carbamates (subject to hydrolysis) is 1. The fourth-order valence-corrected chi connectivity index (χ4v) is 8.53. The largest absolute Gasteiger partial charge is 0.493 e. The zero-order chi connectivity index (χ0) is 34.4. The number of benzene rings is 3. The summed E-state index contributed by atoms with van der Waals surface area (Å²) >= 11 is 0. The number of esters is 1. The maximum atomic E-state index is 12.1. The van der Waals surface area contributed by atoms with Gasteiger partial charge in [0, 0.05) is 23.7 Å². The molecule has 0 aliphatic heterocycles. The van der Waals surface area contributed by atoms with E-state index in [0.29, 0.717) is 32.8 Å². The van der Waals surface area contributed by atoms with Crippen LogP contribution in [0.1, 0.15) is 89.3 Å². The van der Waals surface area contributed by atoms with E-state index < -0.39 is 11.7 Å². The van der Waals surface area contributed by atoms with Crippen LogP contribution in [0.25, 0.3) is 17.2 Å². The Kier molecular flexibility index (Phi) is 10.7.